The van der Waals surface area contributed by atoms with Crippen molar-refractivity contribution in [3.8, 4) is 0 Å². The number of H-pyrrole nitrogens is 1. The predicted molar refractivity (Wildman–Crippen MR) is 134 cm³/mol. The van der Waals surface area contributed by atoms with Gasteiger partial charge in [-0.25, -0.2) is 0 Å². The molecule has 2 atom stereocenters. The molecule has 0 spiro atoms. The van der Waals surface area contributed by atoms with Crippen LogP contribution < -0.4 is 5.73 Å². The van der Waals surface area contributed by atoms with Gasteiger partial charge in [0.25, 0.3) is 0 Å². The number of carbonyl (C=O) groups is 2. The Labute approximate surface area is 201 Å². The highest BCUT2D eigenvalue weighted by Gasteiger charge is 2.42. The highest BCUT2D eigenvalue weighted by Crippen LogP contribution is 2.35. The van der Waals surface area contributed by atoms with Crippen LogP contribution in [0.1, 0.15) is 75.6 Å². The highest BCUT2D eigenvalue weighted by molar-refractivity contribution is 5.99. The first-order chi connectivity index (χ1) is 16.4. The molecule has 1 amide bonds. The molecule has 2 aromatic rings. The van der Waals surface area contributed by atoms with Crippen molar-refractivity contribution in [2.75, 3.05) is 13.2 Å². The number of esters is 1. The lowest BCUT2D eigenvalue weighted by Crippen LogP contribution is -2.45. The Morgan fingerprint density at radius 1 is 1.21 bits per heavy atom. The Morgan fingerprint density at radius 3 is 2.65 bits per heavy atom. The van der Waals surface area contributed by atoms with Crippen LogP contribution in [0.5, 0.6) is 0 Å². The fraction of sp³-hybridized carbons (Fsp3) is 0.593. The van der Waals surface area contributed by atoms with Gasteiger partial charge in [-0.15, -0.1) is 0 Å². The van der Waals surface area contributed by atoms with Crippen LogP contribution in [0.15, 0.2) is 18.2 Å². The van der Waals surface area contributed by atoms with Crippen LogP contribution in [0.25, 0.3) is 10.9 Å². The minimum absolute atomic E-state index is 0.0219. The van der Waals surface area contributed by atoms with Gasteiger partial charge < -0.3 is 20.4 Å². The van der Waals surface area contributed by atoms with Gasteiger partial charge in [-0.05, 0) is 69.4 Å². The summed E-state index contributed by atoms with van der Waals surface area (Å²) in [7, 11) is 0. The maximum absolute atomic E-state index is 13.6. The van der Waals surface area contributed by atoms with E-state index < -0.39 is 5.92 Å². The molecule has 1 aromatic heterocycles. The Morgan fingerprint density at radius 2 is 1.97 bits per heavy atom. The summed E-state index contributed by atoms with van der Waals surface area (Å²) in [5, 5.41) is 8.89. The molecule has 2 heterocycles. The van der Waals surface area contributed by atoms with Crippen LogP contribution in [0.3, 0.4) is 0 Å². The zero-order valence-electron chi connectivity index (χ0n) is 20.5. The Balaban J connectivity index is 1.50. The molecule has 0 bridgehead atoms. The predicted octanol–water partition coefficient (Wildman–Crippen LogP) is 4.31. The van der Waals surface area contributed by atoms with E-state index in [0.29, 0.717) is 12.2 Å². The van der Waals surface area contributed by atoms with E-state index in [0.717, 1.165) is 69.8 Å². The lowest BCUT2D eigenvalue weighted by atomic mass is 9.89. The van der Waals surface area contributed by atoms with E-state index >= 15 is 0 Å². The van der Waals surface area contributed by atoms with Crippen LogP contribution in [-0.2, 0) is 27.2 Å². The van der Waals surface area contributed by atoms with Gasteiger partial charge in [0.1, 0.15) is 11.8 Å². The second-order valence-corrected chi connectivity index (χ2v) is 9.75. The number of aromatic amines is 1. The number of carbonyl (C=O) groups excluding carboxylic acids is 2. The van der Waals surface area contributed by atoms with E-state index in [1.54, 1.807) is 6.92 Å². The first-order valence-corrected chi connectivity index (χ1v) is 12.9. The number of hydrogen-bond acceptors (Lipinski definition) is 4. The number of ether oxygens (including phenoxy) is 1. The Bertz CT molecular complexity index is 1050. The van der Waals surface area contributed by atoms with Gasteiger partial charge >= 0.3 is 5.97 Å². The van der Waals surface area contributed by atoms with E-state index in [1.807, 2.05) is 23.1 Å². The Kier molecular flexibility index (Phi) is 7.59. The summed E-state index contributed by atoms with van der Waals surface area (Å²) in [5.74, 6) is -0.827. The fourth-order valence-electron chi connectivity index (χ4n) is 6.03. The van der Waals surface area contributed by atoms with Gasteiger partial charge in [0, 0.05) is 34.7 Å². The molecule has 7 nitrogen and oxygen atoms in total. The molecule has 4 N–H and O–H groups in total. The number of nitrogens with one attached hydrogen (secondary N) is 2. The maximum Gasteiger partial charge on any atom is 0.318 e. The molecule has 1 saturated heterocycles. The number of amides is 1. The molecular formula is C27H38N4O3. The van der Waals surface area contributed by atoms with E-state index in [9.17, 15) is 9.59 Å². The molecule has 7 heteroatoms. The average Bonchev–Trinajstić information content (AvgIpc) is 3.56. The SMILES string of the molecule is CCOC(=O)C(C(=O)N1CCC[C@H]1CCc1[nH]c2cc(C(=N)N)ccc2c1CC)C1CCCC1. The first kappa shape index (κ1) is 24.3. The number of likely N-dealkylation sites (tertiary alicyclic amines) is 1. The van der Waals surface area contributed by atoms with Gasteiger partial charge in [-0.2, -0.15) is 0 Å². The van der Waals surface area contributed by atoms with Crippen molar-refractivity contribution in [2.45, 2.75) is 77.7 Å². The lowest BCUT2D eigenvalue weighted by Gasteiger charge is -2.30. The number of fused-ring (bicyclic) bond motifs is 1. The van der Waals surface area contributed by atoms with E-state index in [2.05, 4.69) is 11.9 Å². The molecule has 0 radical (unpaired) electrons. The summed E-state index contributed by atoms with van der Waals surface area (Å²) in [6.07, 6.45) is 8.62. The van der Waals surface area contributed by atoms with Crippen LogP contribution in [0, 0.1) is 17.2 Å². The topological polar surface area (TPSA) is 112 Å². The van der Waals surface area contributed by atoms with Crippen LogP contribution in [-0.4, -0.2) is 46.8 Å². The van der Waals surface area contributed by atoms with Crippen LogP contribution in [0.4, 0.5) is 0 Å². The molecule has 1 saturated carbocycles. The number of aryl methyl sites for hydroxylation is 2. The van der Waals surface area contributed by atoms with Gasteiger partial charge in [0.15, 0.2) is 0 Å². The molecule has 2 aliphatic rings. The third-order valence-corrected chi connectivity index (χ3v) is 7.72. The minimum atomic E-state index is -0.646. The van der Waals surface area contributed by atoms with Crippen molar-refractivity contribution in [1.29, 1.82) is 5.41 Å². The number of aromatic nitrogens is 1. The quantitative estimate of drug-likeness (QED) is 0.221. The molecule has 1 unspecified atom stereocenters. The second-order valence-electron chi connectivity index (χ2n) is 9.75. The normalized spacial score (nSPS) is 19.6. The number of nitrogen functional groups attached to an aromatic ring is 1. The van der Waals surface area contributed by atoms with Gasteiger partial charge in [0.2, 0.25) is 5.91 Å². The summed E-state index contributed by atoms with van der Waals surface area (Å²) < 4.78 is 5.34. The van der Waals surface area contributed by atoms with Gasteiger partial charge in [0.05, 0.1) is 6.61 Å². The fourth-order valence-corrected chi connectivity index (χ4v) is 6.03. The minimum Gasteiger partial charge on any atom is -0.465 e. The summed E-state index contributed by atoms with van der Waals surface area (Å²) in [6.45, 7) is 4.99. The second kappa shape index (κ2) is 10.6. The standard InChI is InChI=1S/C27H38N4O3/c1-3-20-21-13-11-18(25(28)29)16-23(21)30-22(20)14-12-19-10-7-15-31(19)26(32)24(27(33)34-4-2)17-8-5-6-9-17/h11,13,16-17,19,24,30H,3-10,12,14-15H2,1-2H3,(H3,28,29)/t19-,24?/m0/s1. The molecular weight excluding hydrogens is 428 g/mol. The molecule has 184 valence electrons. The number of amidine groups is 1. The molecule has 34 heavy (non-hydrogen) atoms. The monoisotopic (exact) mass is 466 g/mol. The molecule has 1 aliphatic heterocycles. The van der Waals surface area contributed by atoms with Crippen LogP contribution in [0.2, 0.25) is 0 Å². The van der Waals surface area contributed by atoms with E-state index in [-0.39, 0.29) is 29.7 Å². The maximum atomic E-state index is 13.6. The first-order valence-electron chi connectivity index (χ1n) is 12.9. The zero-order valence-corrected chi connectivity index (χ0v) is 20.5. The molecule has 1 aromatic carbocycles. The van der Waals surface area contributed by atoms with Crippen molar-refractivity contribution in [1.82, 2.24) is 9.88 Å². The van der Waals surface area contributed by atoms with Crippen molar-refractivity contribution >= 4 is 28.6 Å². The largest absolute Gasteiger partial charge is 0.465 e. The van der Waals surface area contributed by atoms with Gasteiger partial charge in [-0.3, -0.25) is 15.0 Å². The average molecular weight is 467 g/mol. The third kappa shape index (κ3) is 4.84. The van der Waals surface area contributed by atoms with Crippen molar-refractivity contribution < 1.29 is 14.3 Å². The van der Waals surface area contributed by atoms with Gasteiger partial charge in [-0.1, -0.05) is 31.9 Å². The van der Waals surface area contributed by atoms with Crippen LogP contribution >= 0.6 is 0 Å². The number of benzene rings is 1. The number of nitrogens with zero attached hydrogens (tertiary/aromatic N) is 1. The number of hydrogen-bond donors (Lipinski definition) is 3. The van der Waals surface area contributed by atoms with Crippen molar-refractivity contribution in [2.24, 2.45) is 17.6 Å². The van der Waals surface area contributed by atoms with E-state index in [4.69, 9.17) is 15.9 Å². The summed E-state index contributed by atoms with van der Waals surface area (Å²) in [6, 6.07) is 6.03. The van der Waals surface area contributed by atoms with Crippen molar-refractivity contribution in [3.05, 3.63) is 35.0 Å². The van der Waals surface area contributed by atoms with E-state index in [1.165, 1.54) is 16.6 Å². The lowest BCUT2D eigenvalue weighted by molar-refractivity contribution is -0.158. The molecule has 4 rings (SSSR count). The summed E-state index contributed by atoms with van der Waals surface area (Å²) >= 11 is 0. The number of rotatable bonds is 9. The highest BCUT2D eigenvalue weighted by atomic mass is 16.5. The summed E-state index contributed by atoms with van der Waals surface area (Å²) in [5.41, 5.74) is 9.87. The molecule has 2 fully saturated rings. The number of nitrogens with two attached hydrogens (primary N) is 1. The third-order valence-electron chi connectivity index (χ3n) is 7.72. The zero-order chi connectivity index (χ0) is 24.2. The summed E-state index contributed by atoms with van der Waals surface area (Å²) in [4.78, 5) is 31.9. The van der Waals surface area contributed by atoms with Crippen molar-refractivity contribution in [3.63, 3.8) is 0 Å². The molecule has 1 aliphatic carbocycles. The Hall–Kier alpha value is -2.83. The smallest absolute Gasteiger partial charge is 0.318 e.